The van der Waals surface area contributed by atoms with E-state index in [-0.39, 0.29) is 38.5 Å². The molecule has 0 aliphatic carbocycles. The van der Waals surface area contributed by atoms with Crippen LogP contribution in [0.25, 0.3) is 0 Å². The summed E-state index contributed by atoms with van der Waals surface area (Å²) in [4.78, 5) is 10.1. The Bertz CT molecular complexity index is 61.5. The van der Waals surface area contributed by atoms with Crippen LogP contribution >= 0.6 is 0 Å². The minimum atomic E-state index is 0. The molecule has 0 saturated carbocycles. The maximum absolute atomic E-state index is 10.1. The summed E-state index contributed by atoms with van der Waals surface area (Å²) < 4.78 is 0. The number of unbranched alkanes of at least 4 members (excludes halogenated alkanes) is 1. The Morgan fingerprint density at radius 3 is 2.38 bits per heavy atom. The van der Waals surface area contributed by atoms with E-state index in [2.05, 4.69) is 6.92 Å². The van der Waals surface area contributed by atoms with Gasteiger partial charge in [0, 0.05) is 32.7 Å². The molecule has 0 aliphatic rings. The van der Waals surface area contributed by atoms with E-state index in [1.807, 2.05) is 0 Å². The first-order valence-electron chi connectivity index (χ1n) is 2.40. The standard InChI is InChI=1S/C6H10O.Y/c1-3-4-5-6(2)7;/h5H,1,3-4H2,2H3;/q-2;. The molecular formula is C6H10OY-2. The van der Waals surface area contributed by atoms with Gasteiger partial charge in [-0.2, -0.15) is 6.42 Å². The van der Waals surface area contributed by atoms with Gasteiger partial charge in [0.1, 0.15) is 0 Å². The summed E-state index contributed by atoms with van der Waals surface area (Å²) in [5.41, 5.74) is 0. The SMILES string of the molecule is [CH2-]CC[CH-]C(C)=O.[Y]. The Hall–Kier alpha value is 0.644. The van der Waals surface area contributed by atoms with Crippen LogP contribution in [0, 0.1) is 13.3 Å². The molecule has 0 bridgehead atoms. The summed E-state index contributed by atoms with van der Waals surface area (Å²) in [6.45, 7) is 5.13. The van der Waals surface area contributed by atoms with Crippen molar-refractivity contribution in [1.29, 1.82) is 0 Å². The van der Waals surface area contributed by atoms with Crippen LogP contribution in [0.15, 0.2) is 0 Å². The van der Waals surface area contributed by atoms with E-state index in [1.165, 1.54) is 0 Å². The molecular weight excluding hydrogens is 177 g/mol. The molecule has 0 aromatic heterocycles. The van der Waals surface area contributed by atoms with Gasteiger partial charge in [0.25, 0.3) is 0 Å². The molecule has 0 rings (SSSR count). The van der Waals surface area contributed by atoms with Crippen LogP contribution in [-0.2, 0) is 37.5 Å². The van der Waals surface area contributed by atoms with Crippen LogP contribution < -0.4 is 0 Å². The fraction of sp³-hybridized carbons (Fsp3) is 0.500. The average molecular weight is 187 g/mol. The second-order valence-electron chi connectivity index (χ2n) is 1.46. The van der Waals surface area contributed by atoms with Gasteiger partial charge in [-0.05, 0) is 12.7 Å². The summed E-state index contributed by atoms with van der Waals surface area (Å²) in [5.74, 6) is 0.142. The molecule has 0 N–H and O–H groups in total. The van der Waals surface area contributed by atoms with Crippen molar-refractivity contribution >= 4 is 5.78 Å². The number of Topliss-reactive ketones (excluding diaryl/α,β-unsaturated/α-hetero) is 1. The molecule has 0 spiro atoms. The monoisotopic (exact) mass is 187 g/mol. The Labute approximate surface area is 76.1 Å². The van der Waals surface area contributed by atoms with Crippen LogP contribution in [0.4, 0.5) is 0 Å². The predicted octanol–water partition coefficient (Wildman–Crippen LogP) is 1.39. The van der Waals surface area contributed by atoms with Crippen molar-refractivity contribution in [3.8, 4) is 0 Å². The molecule has 0 fully saturated rings. The Morgan fingerprint density at radius 2 is 2.25 bits per heavy atom. The van der Waals surface area contributed by atoms with Crippen LogP contribution in [0.2, 0.25) is 0 Å². The average Bonchev–Trinajstić information content (AvgIpc) is 1.61. The van der Waals surface area contributed by atoms with Crippen molar-refractivity contribution in [1.82, 2.24) is 0 Å². The maximum Gasteiger partial charge on any atom is 0 e. The number of hydrogen-bond acceptors (Lipinski definition) is 1. The maximum atomic E-state index is 10.1. The third kappa shape index (κ3) is 9.81. The van der Waals surface area contributed by atoms with Gasteiger partial charge < -0.3 is 18.1 Å². The molecule has 0 atom stereocenters. The zero-order valence-corrected chi connectivity index (χ0v) is 8.02. The van der Waals surface area contributed by atoms with Crippen LogP contribution in [-0.4, -0.2) is 5.78 Å². The smallest absolute Gasteiger partial charge is 0 e. The minimum Gasteiger partial charge on any atom is -0.346 e. The second-order valence-corrected chi connectivity index (χ2v) is 1.46. The van der Waals surface area contributed by atoms with Crippen molar-refractivity contribution < 1.29 is 37.5 Å². The summed E-state index contributed by atoms with van der Waals surface area (Å²) in [6, 6.07) is 0. The predicted molar refractivity (Wildman–Crippen MR) is 29.6 cm³/mol. The number of hydrogen-bond donors (Lipinski definition) is 0. The molecule has 0 saturated heterocycles. The van der Waals surface area contributed by atoms with Gasteiger partial charge >= 0.3 is 0 Å². The van der Waals surface area contributed by atoms with Gasteiger partial charge in [-0.3, -0.25) is 0 Å². The van der Waals surface area contributed by atoms with E-state index in [0.717, 1.165) is 12.8 Å². The van der Waals surface area contributed by atoms with Gasteiger partial charge in [-0.15, -0.1) is 0 Å². The zero-order valence-electron chi connectivity index (χ0n) is 5.18. The molecule has 2 heteroatoms. The fourth-order valence-electron chi connectivity index (χ4n) is 0.305. The molecule has 1 nitrogen and oxygen atoms in total. The molecule has 0 unspecified atom stereocenters. The molecule has 0 amide bonds. The van der Waals surface area contributed by atoms with Crippen LogP contribution in [0.3, 0.4) is 0 Å². The Kier molecular flexibility index (Phi) is 10.9. The van der Waals surface area contributed by atoms with Gasteiger partial charge in [-0.25, -0.2) is 6.42 Å². The first-order valence-corrected chi connectivity index (χ1v) is 2.40. The first-order chi connectivity index (χ1) is 3.27. The molecule has 1 radical (unpaired) electrons. The zero-order chi connectivity index (χ0) is 5.70. The molecule has 0 aromatic carbocycles. The van der Waals surface area contributed by atoms with E-state index < -0.39 is 0 Å². The third-order valence-electron chi connectivity index (χ3n) is 0.636. The summed E-state index contributed by atoms with van der Waals surface area (Å²) in [6.07, 6.45) is 3.28. The van der Waals surface area contributed by atoms with Crippen molar-refractivity contribution in [2.24, 2.45) is 0 Å². The third-order valence-corrected chi connectivity index (χ3v) is 0.636. The van der Waals surface area contributed by atoms with Gasteiger partial charge in [-0.1, -0.05) is 0 Å². The van der Waals surface area contributed by atoms with Crippen molar-refractivity contribution in [2.45, 2.75) is 19.8 Å². The first kappa shape index (κ1) is 11.4. The topological polar surface area (TPSA) is 17.1 Å². The minimum absolute atomic E-state index is 0. The largest absolute Gasteiger partial charge is 0.346 e. The number of carbonyl (C=O) groups is 1. The quantitative estimate of drug-likeness (QED) is 0.610. The van der Waals surface area contributed by atoms with Crippen molar-refractivity contribution in [2.75, 3.05) is 0 Å². The molecule has 0 aliphatic heterocycles. The second kappa shape index (κ2) is 7.64. The van der Waals surface area contributed by atoms with E-state index >= 15 is 0 Å². The summed E-state index contributed by atoms with van der Waals surface area (Å²) in [5, 5.41) is 0. The van der Waals surface area contributed by atoms with Gasteiger partial charge in [0.05, 0.1) is 0 Å². The number of ketones is 1. The van der Waals surface area contributed by atoms with E-state index in [0.29, 0.717) is 0 Å². The molecule has 0 heterocycles. The number of carbonyl (C=O) groups excluding carboxylic acids is 1. The van der Waals surface area contributed by atoms with Crippen molar-refractivity contribution in [3.63, 3.8) is 0 Å². The van der Waals surface area contributed by atoms with Gasteiger partial charge in [0.15, 0.2) is 0 Å². The van der Waals surface area contributed by atoms with Crippen LogP contribution in [0.5, 0.6) is 0 Å². The Balaban J connectivity index is 0. The summed E-state index contributed by atoms with van der Waals surface area (Å²) in [7, 11) is 0. The van der Waals surface area contributed by atoms with Gasteiger partial charge in [0.2, 0.25) is 0 Å². The van der Waals surface area contributed by atoms with Crippen molar-refractivity contribution in [3.05, 3.63) is 13.3 Å². The molecule has 45 valence electrons. The summed E-state index contributed by atoms with van der Waals surface area (Å²) >= 11 is 0. The number of rotatable bonds is 3. The van der Waals surface area contributed by atoms with E-state index in [1.54, 1.807) is 13.3 Å². The molecule has 0 aromatic rings. The van der Waals surface area contributed by atoms with E-state index in [4.69, 9.17) is 0 Å². The van der Waals surface area contributed by atoms with E-state index in [9.17, 15) is 4.79 Å². The van der Waals surface area contributed by atoms with Crippen LogP contribution in [0.1, 0.15) is 19.8 Å². The molecule has 8 heavy (non-hydrogen) atoms. The fourth-order valence-corrected chi connectivity index (χ4v) is 0.305. The normalized spacial score (nSPS) is 7.25. The Morgan fingerprint density at radius 1 is 1.75 bits per heavy atom.